The molecule has 0 heteroatoms. The zero-order valence-electron chi connectivity index (χ0n) is 10.7. The summed E-state index contributed by atoms with van der Waals surface area (Å²) in [6.07, 6.45) is 17.4. The molecule has 0 aliphatic heterocycles. The topological polar surface area (TPSA) is 0 Å². The summed E-state index contributed by atoms with van der Waals surface area (Å²) < 4.78 is 0. The zero-order chi connectivity index (χ0) is 11.4. The van der Waals surface area contributed by atoms with Gasteiger partial charge in [0.1, 0.15) is 0 Å². The lowest BCUT2D eigenvalue weighted by molar-refractivity contribution is 0.520. The van der Waals surface area contributed by atoms with Gasteiger partial charge in [0.05, 0.1) is 0 Å². The summed E-state index contributed by atoms with van der Waals surface area (Å²) in [5.41, 5.74) is 3.37. The summed E-state index contributed by atoms with van der Waals surface area (Å²) in [6.45, 7) is 4.64. The second-order valence-electron chi connectivity index (χ2n) is 5.27. The van der Waals surface area contributed by atoms with E-state index >= 15 is 0 Å². The minimum Gasteiger partial charge on any atom is -0.0885 e. The molecule has 0 bridgehead atoms. The quantitative estimate of drug-likeness (QED) is 0.580. The molecule has 0 nitrogen and oxygen atoms in total. The standard InChI is InChI=1S/C16H24/c1-3-13(2)14-9-11-16(12-10-14)15-7-5-4-6-8-15/h4-5,9,11,13,15H,3,6-8,10,12H2,1-2H3. The first-order chi connectivity index (χ1) is 7.81. The van der Waals surface area contributed by atoms with Gasteiger partial charge in [-0.1, -0.05) is 49.3 Å². The smallest absolute Gasteiger partial charge is 0.0162 e. The van der Waals surface area contributed by atoms with Crippen LogP contribution in [0.25, 0.3) is 0 Å². The van der Waals surface area contributed by atoms with Gasteiger partial charge in [-0.05, 0) is 50.4 Å². The van der Waals surface area contributed by atoms with Gasteiger partial charge in [0.25, 0.3) is 0 Å². The Kier molecular flexibility index (Phi) is 4.04. The fraction of sp³-hybridized carbons (Fsp3) is 0.625. The summed E-state index contributed by atoms with van der Waals surface area (Å²) in [7, 11) is 0. The normalized spacial score (nSPS) is 27.2. The Labute approximate surface area is 100 Å². The molecule has 2 unspecified atom stereocenters. The van der Waals surface area contributed by atoms with Crippen molar-refractivity contribution in [3.8, 4) is 0 Å². The minimum atomic E-state index is 0.782. The fourth-order valence-electron chi connectivity index (χ4n) is 2.81. The van der Waals surface area contributed by atoms with Gasteiger partial charge in [-0.3, -0.25) is 0 Å². The molecule has 0 spiro atoms. The highest BCUT2D eigenvalue weighted by Crippen LogP contribution is 2.34. The highest BCUT2D eigenvalue weighted by molar-refractivity contribution is 5.27. The Balaban J connectivity index is 2.01. The first-order valence-electron chi connectivity index (χ1n) is 6.85. The van der Waals surface area contributed by atoms with Crippen LogP contribution in [-0.2, 0) is 0 Å². The lowest BCUT2D eigenvalue weighted by atomic mass is 9.80. The van der Waals surface area contributed by atoms with E-state index in [2.05, 4.69) is 38.2 Å². The highest BCUT2D eigenvalue weighted by Gasteiger charge is 2.18. The second-order valence-corrected chi connectivity index (χ2v) is 5.27. The van der Waals surface area contributed by atoms with Gasteiger partial charge >= 0.3 is 0 Å². The predicted molar refractivity (Wildman–Crippen MR) is 71.3 cm³/mol. The van der Waals surface area contributed by atoms with E-state index in [4.69, 9.17) is 0 Å². The Bertz CT molecular complexity index is 317. The van der Waals surface area contributed by atoms with Crippen molar-refractivity contribution in [1.29, 1.82) is 0 Å². The Morgan fingerprint density at radius 1 is 1.25 bits per heavy atom. The maximum Gasteiger partial charge on any atom is -0.0162 e. The molecule has 0 heterocycles. The van der Waals surface area contributed by atoms with Crippen LogP contribution in [0.2, 0.25) is 0 Å². The largest absolute Gasteiger partial charge is 0.0885 e. The van der Waals surface area contributed by atoms with Gasteiger partial charge in [-0.25, -0.2) is 0 Å². The average molecular weight is 216 g/mol. The van der Waals surface area contributed by atoms with Crippen LogP contribution in [0.3, 0.4) is 0 Å². The van der Waals surface area contributed by atoms with Gasteiger partial charge in [0, 0.05) is 0 Å². The van der Waals surface area contributed by atoms with Crippen molar-refractivity contribution in [3.63, 3.8) is 0 Å². The van der Waals surface area contributed by atoms with Crippen LogP contribution in [0.5, 0.6) is 0 Å². The molecule has 2 aliphatic carbocycles. The molecule has 0 fully saturated rings. The third kappa shape index (κ3) is 2.66. The van der Waals surface area contributed by atoms with Crippen LogP contribution in [0.15, 0.2) is 35.5 Å². The average Bonchev–Trinajstić information content (AvgIpc) is 2.39. The molecular weight excluding hydrogens is 192 g/mol. The molecule has 0 saturated carbocycles. The molecule has 0 N–H and O–H groups in total. The molecule has 0 aromatic rings. The van der Waals surface area contributed by atoms with Crippen LogP contribution in [0, 0.1) is 11.8 Å². The molecular formula is C16H24. The molecule has 0 aromatic heterocycles. The predicted octanol–water partition coefficient (Wildman–Crippen LogP) is 5.04. The third-order valence-corrected chi connectivity index (χ3v) is 4.25. The van der Waals surface area contributed by atoms with Gasteiger partial charge in [-0.15, -0.1) is 0 Å². The van der Waals surface area contributed by atoms with E-state index in [0.717, 1.165) is 11.8 Å². The first-order valence-corrected chi connectivity index (χ1v) is 6.85. The molecule has 88 valence electrons. The third-order valence-electron chi connectivity index (χ3n) is 4.25. The SMILES string of the molecule is CCC(C)C1=CC=C(C2CC=CCC2)CC1. The van der Waals surface area contributed by atoms with Crippen LogP contribution in [0.1, 0.15) is 52.4 Å². The summed E-state index contributed by atoms with van der Waals surface area (Å²) >= 11 is 0. The zero-order valence-corrected chi connectivity index (χ0v) is 10.7. The number of rotatable bonds is 3. The summed E-state index contributed by atoms with van der Waals surface area (Å²) in [4.78, 5) is 0. The molecule has 0 radical (unpaired) electrons. The van der Waals surface area contributed by atoms with Crippen molar-refractivity contribution >= 4 is 0 Å². The van der Waals surface area contributed by atoms with E-state index in [1.165, 1.54) is 38.5 Å². The number of allylic oxidation sites excluding steroid dienone is 6. The summed E-state index contributed by atoms with van der Waals surface area (Å²) in [6, 6.07) is 0. The molecule has 0 aromatic carbocycles. The molecule has 0 amide bonds. The van der Waals surface area contributed by atoms with E-state index in [9.17, 15) is 0 Å². The van der Waals surface area contributed by atoms with Crippen molar-refractivity contribution in [2.75, 3.05) is 0 Å². The molecule has 2 aliphatic rings. The van der Waals surface area contributed by atoms with E-state index in [1.807, 2.05) is 0 Å². The van der Waals surface area contributed by atoms with Crippen LogP contribution >= 0.6 is 0 Å². The molecule has 2 atom stereocenters. The highest BCUT2D eigenvalue weighted by atomic mass is 14.2. The van der Waals surface area contributed by atoms with Crippen LogP contribution in [0.4, 0.5) is 0 Å². The second kappa shape index (κ2) is 5.52. The van der Waals surface area contributed by atoms with Gasteiger partial charge < -0.3 is 0 Å². The molecule has 2 rings (SSSR count). The van der Waals surface area contributed by atoms with E-state index in [1.54, 1.807) is 11.1 Å². The van der Waals surface area contributed by atoms with Gasteiger partial charge in [0.2, 0.25) is 0 Å². The maximum absolute atomic E-state index is 2.43. The molecule has 0 saturated heterocycles. The number of hydrogen-bond donors (Lipinski definition) is 0. The van der Waals surface area contributed by atoms with E-state index < -0.39 is 0 Å². The Morgan fingerprint density at radius 2 is 2.12 bits per heavy atom. The maximum atomic E-state index is 2.43. The summed E-state index contributed by atoms with van der Waals surface area (Å²) in [5, 5.41) is 0. The summed E-state index contributed by atoms with van der Waals surface area (Å²) in [5.74, 6) is 1.63. The fourth-order valence-corrected chi connectivity index (χ4v) is 2.81. The van der Waals surface area contributed by atoms with Crippen molar-refractivity contribution < 1.29 is 0 Å². The monoisotopic (exact) mass is 216 g/mol. The lowest BCUT2D eigenvalue weighted by Crippen LogP contribution is -2.10. The first kappa shape index (κ1) is 11.7. The Morgan fingerprint density at radius 3 is 2.69 bits per heavy atom. The minimum absolute atomic E-state index is 0.782. The van der Waals surface area contributed by atoms with Crippen molar-refractivity contribution in [3.05, 3.63) is 35.5 Å². The Hall–Kier alpha value is -0.780. The van der Waals surface area contributed by atoms with Gasteiger partial charge in [-0.2, -0.15) is 0 Å². The van der Waals surface area contributed by atoms with Crippen LogP contribution in [-0.4, -0.2) is 0 Å². The molecule has 16 heavy (non-hydrogen) atoms. The van der Waals surface area contributed by atoms with E-state index in [-0.39, 0.29) is 0 Å². The van der Waals surface area contributed by atoms with E-state index in [0.29, 0.717) is 0 Å². The number of hydrogen-bond acceptors (Lipinski definition) is 0. The van der Waals surface area contributed by atoms with Crippen molar-refractivity contribution in [2.45, 2.75) is 52.4 Å². The van der Waals surface area contributed by atoms with Crippen LogP contribution < -0.4 is 0 Å². The lowest BCUT2D eigenvalue weighted by Gasteiger charge is -2.25. The van der Waals surface area contributed by atoms with Crippen molar-refractivity contribution in [2.24, 2.45) is 11.8 Å². The van der Waals surface area contributed by atoms with Gasteiger partial charge in [0.15, 0.2) is 0 Å². The van der Waals surface area contributed by atoms with Crippen molar-refractivity contribution in [1.82, 2.24) is 0 Å².